The van der Waals surface area contributed by atoms with Crippen LogP contribution in [0.4, 0.5) is 0 Å². The van der Waals surface area contributed by atoms with Gasteiger partial charge in [0.1, 0.15) is 6.04 Å². The zero-order chi connectivity index (χ0) is 35.2. The van der Waals surface area contributed by atoms with Crippen LogP contribution in [0.3, 0.4) is 0 Å². The van der Waals surface area contributed by atoms with Gasteiger partial charge < -0.3 is 9.47 Å². The summed E-state index contributed by atoms with van der Waals surface area (Å²) in [6.45, 7) is 5.54. The second-order valence-corrected chi connectivity index (χ2v) is 15.0. The lowest BCUT2D eigenvalue weighted by molar-refractivity contribution is -0.150. The zero-order valence-corrected chi connectivity index (χ0v) is 34.3. The van der Waals surface area contributed by atoms with Crippen LogP contribution in [0.15, 0.2) is 0 Å². The quantitative estimate of drug-likeness (QED) is 0.0468. The number of ether oxygens (including phenoxy) is 2. The minimum absolute atomic E-state index is 0. The van der Waals surface area contributed by atoms with Gasteiger partial charge >= 0.3 is 11.9 Å². The maximum absolute atomic E-state index is 12.7. The van der Waals surface area contributed by atoms with E-state index in [1.807, 2.05) is 19.0 Å². The number of hydrogen-bond acceptors (Lipinski definition) is 5. The fraction of sp³-hybridized carbons (Fsp3) is 0.953. The van der Waals surface area contributed by atoms with Crippen LogP contribution in [-0.2, 0) is 19.1 Å². The minimum atomic E-state index is -0.394. The molecule has 0 radical (unpaired) electrons. The molecule has 5 nitrogen and oxygen atoms in total. The van der Waals surface area contributed by atoms with Crippen molar-refractivity contribution in [2.45, 2.75) is 238 Å². The van der Waals surface area contributed by atoms with Crippen molar-refractivity contribution in [3.63, 3.8) is 0 Å². The molecule has 0 fully saturated rings. The number of halogens is 1. The van der Waals surface area contributed by atoms with Gasteiger partial charge in [0.15, 0.2) is 0 Å². The van der Waals surface area contributed by atoms with Crippen LogP contribution in [0.25, 0.3) is 0 Å². The fourth-order valence-electron chi connectivity index (χ4n) is 6.67. The van der Waals surface area contributed by atoms with Gasteiger partial charge in [0.2, 0.25) is 0 Å². The highest BCUT2D eigenvalue weighted by Crippen LogP contribution is 2.16. The van der Waals surface area contributed by atoms with E-state index >= 15 is 0 Å². The Hall–Kier alpha value is -0.810. The molecule has 0 aliphatic carbocycles. The lowest BCUT2D eigenvalue weighted by Gasteiger charge is -2.22. The summed E-state index contributed by atoms with van der Waals surface area (Å²) >= 11 is 0. The average molecular weight is 717 g/mol. The fourth-order valence-corrected chi connectivity index (χ4v) is 6.67. The summed E-state index contributed by atoms with van der Waals surface area (Å²) in [5.41, 5.74) is 0. The van der Waals surface area contributed by atoms with Crippen molar-refractivity contribution >= 4 is 24.3 Å². The van der Waals surface area contributed by atoms with E-state index in [2.05, 4.69) is 13.8 Å². The predicted octanol–water partition coefficient (Wildman–Crippen LogP) is 13.7. The first-order valence-electron chi connectivity index (χ1n) is 21.5. The molecule has 0 saturated carbocycles. The molecule has 0 rings (SSSR count). The Morgan fingerprint density at radius 2 is 0.694 bits per heavy atom. The molecule has 294 valence electrons. The summed E-state index contributed by atoms with van der Waals surface area (Å²) < 4.78 is 11.0. The van der Waals surface area contributed by atoms with Crippen molar-refractivity contribution in [1.29, 1.82) is 0 Å². The molecule has 0 aromatic rings. The molecular weight excluding hydrogens is 630 g/mol. The van der Waals surface area contributed by atoms with E-state index in [0.29, 0.717) is 19.6 Å². The van der Waals surface area contributed by atoms with Gasteiger partial charge in [-0.1, -0.05) is 206 Å². The number of carbonyl (C=O) groups excluding carboxylic acids is 2. The Balaban J connectivity index is 0. The monoisotopic (exact) mass is 716 g/mol. The largest absolute Gasteiger partial charge is 0.466 e. The Morgan fingerprint density at radius 1 is 0.429 bits per heavy atom. The number of esters is 2. The molecule has 0 aliphatic rings. The normalized spacial score (nSPS) is 11.9. The van der Waals surface area contributed by atoms with Crippen molar-refractivity contribution in [2.75, 3.05) is 27.3 Å². The Labute approximate surface area is 313 Å². The highest BCUT2D eigenvalue weighted by atomic mass is 35.5. The lowest BCUT2D eigenvalue weighted by Crippen LogP contribution is -2.37. The summed E-state index contributed by atoms with van der Waals surface area (Å²) in [5, 5.41) is 0. The molecule has 0 aromatic heterocycles. The van der Waals surface area contributed by atoms with E-state index in [0.717, 1.165) is 25.7 Å². The molecule has 0 aliphatic heterocycles. The topological polar surface area (TPSA) is 55.8 Å². The van der Waals surface area contributed by atoms with Gasteiger partial charge in [-0.25, -0.2) is 0 Å². The first kappa shape index (κ1) is 50.3. The molecule has 6 heteroatoms. The third-order valence-corrected chi connectivity index (χ3v) is 10.0. The maximum atomic E-state index is 12.7. The Morgan fingerprint density at radius 3 is 0.980 bits per heavy atom. The van der Waals surface area contributed by atoms with Gasteiger partial charge in [0, 0.05) is 6.42 Å². The molecule has 0 saturated heterocycles. The van der Waals surface area contributed by atoms with Gasteiger partial charge in [0.25, 0.3) is 0 Å². The minimum Gasteiger partial charge on any atom is -0.466 e. The number of carbonyl (C=O) groups is 2. The van der Waals surface area contributed by atoms with Crippen LogP contribution < -0.4 is 0 Å². The maximum Gasteiger partial charge on any atom is 0.323 e. The third kappa shape index (κ3) is 38.3. The van der Waals surface area contributed by atoms with Crippen LogP contribution in [0.2, 0.25) is 0 Å². The van der Waals surface area contributed by atoms with Gasteiger partial charge in [0.05, 0.1) is 13.2 Å². The number of likely N-dealkylation sites (N-methyl/N-ethyl adjacent to an activating group) is 1. The van der Waals surface area contributed by atoms with Crippen LogP contribution >= 0.6 is 12.4 Å². The molecule has 0 heterocycles. The van der Waals surface area contributed by atoms with Crippen molar-refractivity contribution in [1.82, 2.24) is 4.90 Å². The summed E-state index contributed by atoms with van der Waals surface area (Å²) in [5.74, 6) is -0.417. The lowest BCUT2D eigenvalue weighted by atomic mass is 10.0. The summed E-state index contributed by atoms with van der Waals surface area (Å²) in [6, 6.07) is -0.394. The summed E-state index contributed by atoms with van der Waals surface area (Å²) in [7, 11) is 3.75. The van der Waals surface area contributed by atoms with Gasteiger partial charge in [-0.15, -0.1) is 12.4 Å². The van der Waals surface area contributed by atoms with Crippen LogP contribution in [0.5, 0.6) is 0 Å². The molecule has 49 heavy (non-hydrogen) atoms. The van der Waals surface area contributed by atoms with E-state index < -0.39 is 6.04 Å². The predicted molar refractivity (Wildman–Crippen MR) is 215 cm³/mol. The van der Waals surface area contributed by atoms with Gasteiger partial charge in [-0.2, -0.15) is 0 Å². The highest BCUT2D eigenvalue weighted by Gasteiger charge is 2.23. The van der Waals surface area contributed by atoms with Crippen molar-refractivity contribution in [2.24, 2.45) is 0 Å². The molecule has 0 amide bonds. The van der Waals surface area contributed by atoms with E-state index in [9.17, 15) is 9.59 Å². The number of rotatable bonds is 39. The van der Waals surface area contributed by atoms with E-state index in [4.69, 9.17) is 9.47 Å². The average Bonchev–Trinajstić information content (AvgIpc) is 3.07. The van der Waals surface area contributed by atoms with E-state index in [-0.39, 0.29) is 30.8 Å². The molecule has 0 aromatic carbocycles. The summed E-state index contributed by atoms with van der Waals surface area (Å²) in [4.78, 5) is 26.8. The van der Waals surface area contributed by atoms with Crippen molar-refractivity contribution in [3.8, 4) is 0 Å². The second kappa shape index (κ2) is 41.6. The molecular formula is C43H86ClNO4. The van der Waals surface area contributed by atoms with E-state index in [1.54, 1.807) is 0 Å². The van der Waals surface area contributed by atoms with Crippen LogP contribution in [0, 0.1) is 0 Å². The number of nitrogens with zero attached hydrogens (tertiary/aromatic N) is 1. The molecule has 1 atom stereocenters. The van der Waals surface area contributed by atoms with Crippen molar-refractivity contribution in [3.05, 3.63) is 0 Å². The van der Waals surface area contributed by atoms with Gasteiger partial charge in [-0.3, -0.25) is 14.5 Å². The Kier molecular flexibility index (Phi) is 42.7. The second-order valence-electron chi connectivity index (χ2n) is 15.0. The van der Waals surface area contributed by atoms with Crippen molar-refractivity contribution < 1.29 is 19.1 Å². The Bertz CT molecular complexity index is 674. The number of unbranched alkanes of at least 4 members (excludes halogenated alkanes) is 30. The molecule has 0 bridgehead atoms. The first-order chi connectivity index (χ1) is 23.5. The summed E-state index contributed by atoms with van der Waals surface area (Å²) in [6.07, 6.45) is 43.3. The zero-order valence-electron chi connectivity index (χ0n) is 33.5. The van der Waals surface area contributed by atoms with Crippen LogP contribution in [0.1, 0.15) is 232 Å². The third-order valence-electron chi connectivity index (χ3n) is 10.0. The molecule has 0 spiro atoms. The standard InChI is InChI=1S/C43H85NO4.ClH/c1-5-7-9-11-13-15-17-19-21-23-25-27-29-31-33-35-39-47-42(45)38-37-41(44(3)4)43(46)48-40-36-34-32-30-28-26-24-22-20-18-16-14-12-10-8-6-2;/h41H,5-40H2,1-4H3;1H. The molecule has 0 N–H and O–H groups in total. The number of hydrogen-bond donors (Lipinski definition) is 0. The first-order valence-corrected chi connectivity index (χ1v) is 21.5. The SMILES string of the molecule is CCCCCCCCCCCCCCCCCCOC(=O)CCC(C(=O)OCCCCCCCCCCCCCCCCCC)N(C)C.Cl. The van der Waals surface area contributed by atoms with Gasteiger partial charge in [-0.05, 0) is 33.4 Å². The smallest absolute Gasteiger partial charge is 0.323 e. The van der Waals surface area contributed by atoms with E-state index in [1.165, 1.54) is 180 Å². The highest BCUT2D eigenvalue weighted by molar-refractivity contribution is 5.85. The van der Waals surface area contributed by atoms with Crippen LogP contribution in [-0.4, -0.2) is 50.2 Å². The molecule has 1 unspecified atom stereocenters.